The molecule has 0 atom stereocenters. The van der Waals surface area contributed by atoms with Crippen molar-refractivity contribution < 1.29 is 34.7 Å². The van der Waals surface area contributed by atoms with E-state index in [0.29, 0.717) is 19.9 Å². The van der Waals surface area contributed by atoms with Gasteiger partial charge in [-0.25, -0.2) is 0 Å². The van der Waals surface area contributed by atoms with E-state index in [2.05, 4.69) is 6.58 Å². The highest BCUT2D eigenvalue weighted by molar-refractivity contribution is 8.50. The zero-order valence-electron chi connectivity index (χ0n) is 10.3. The van der Waals surface area contributed by atoms with Crippen molar-refractivity contribution in [1.29, 1.82) is 0 Å². The van der Waals surface area contributed by atoms with E-state index >= 15 is 0 Å². The molecular formula is C8H16F4NO4PS. The van der Waals surface area contributed by atoms with Crippen LogP contribution >= 0.6 is 17.4 Å². The Hall–Kier alpha value is -0.570. The van der Waals surface area contributed by atoms with E-state index in [1.165, 1.54) is 5.32 Å². The Kier molecular flexibility index (Phi) is 4.08. The number of hydrogen-bond donors (Lipinski definition) is 3. The molecule has 0 aromatic heterocycles. The van der Waals surface area contributed by atoms with Crippen LogP contribution in [0.2, 0.25) is 0 Å². The van der Waals surface area contributed by atoms with Crippen molar-refractivity contribution in [2.75, 3.05) is 11.9 Å². The fourth-order valence-corrected chi connectivity index (χ4v) is 4.28. The fourth-order valence-electron chi connectivity index (χ4n) is 1.02. The Labute approximate surface area is 107 Å². The average molecular weight is 329 g/mol. The molecule has 0 aliphatic rings. The molecule has 0 rings (SSSR count). The molecule has 0 heterocycles. The van der Waals surface area contributed by atoms with E-state index in [0.717, 1.165) is 0 Å². The summed E-state index contributed by atoms with van der Waals surface area (Å²) < 4.78 is 65.7. The van der Waals surface area contributed by atoms with Crippen LogP contribution in [0.25, 0.3) is 0 Å². The van der Waals surface area contributed by atoms with E-state index < -0.39 is 40.1 Å². The first-order valence-electron chi connectivity index (χ1n) is 4.91. The van der Waals surface area contributed by atoms with Crippen LogP contribution in [0.1, 0.15) is 13.8 Å². The van der Waals surface area contributed by atoms with Crippen molar-refractivity contribution in [1.82, 2.24) is 5.32 Å². The van der Waals surface area contributed by atoms with Gasteiger partial charge in [-0.1, -0.05) is 6.58 Å². The lowest BCUT2D eigenvalue weighted by Crippen LogP contribution is -2.54. The van der Waals surface area contributed by atoms with Gasteiger partial charge in [0.05, 0.1) is 11.9 Å². The molecule has 0 aromatic rings. The molecule has 3 N–H and O–H groups in total. The summed E-state index contributed by atoms with van der Waals surface area (Å²) in [5, 5.41) is 1.41. The number of carbonyl (C=O) groups excluding carboxylic acids is 1. The Balaban J connectivity index is 5.52. The highest BCUT2D eigenvalue weighted by atomic mass is 32.5. The van der Waals surface area contributed by atoms with E-state index in [4.69, 9.17) is 9.79 Å². The second-order valence-corrected chi connectivity index (χ2v) is 10.2. The van der Waals surface area contributed by atoms with Crippen LogP contribution in [0, 0.1) is 0 Å². The Morgan fingerprint density at radius 3 is 2.11 bits per heavy atom. The Bertz CT molecular complexity index is 454. The number of nitrogens with one attached hydrogen (secondary N) is 1. The molecule has 116 valence electrons. The minimum atomic E-state index is -8.92. The van der Waals surface area contributed by atoms with E-state index in [9.17, 15) is 24.9 Å². The van der Waals surface area contributed by atoms with Crippen LogP contribution < -0.4 is 5.32 Å². The molecular weight excluding hydrogens is 313 g/mol. The Morgan fingerprint density at radius 2 is 1.79 bits per heavy atom. The predicted molar refractivity (Wildman–Crippen MR) is 66.2 cm³/mol. The van der Waals surface area contributed by atoms with Gasteiger partial charge in [0.25, 0.3) is 0 Å². The summed E-state index contributed by atoms with van der Waals surface area (Å²) in [5.74, 6) is -3.54. The molecule has 0 saturated heterocycles. The van der Waals surface area contributed by atoms with Gasteiger partial charge in [-0.05, 0) is 19.9 Å². The third kappa shape index (κ3) is 4.48. The molecule has 0 saturated carbocycles. The molecule has 0 aliphatic heterocycles. The maximum atomic E-state index is 13.8. The molecule has 0 spiro atoms. The van der Waals surface area contributed by atoms with Crippen LogP contribution in [0.15, 0.2) is 12.7 Å². The molecule has 0 aromatic carbocycles. The van der Waals surface area contributed by atoms with Gasteiger partial charge in [0.1, 0.15) is 4.87 Å². The van der Waals surface area contributed by atoms with Crippen LogP contribution in [-0.4, -0.2) is 32.5 Å². The summed E-state index contributed by atoms with van der Waals surface area (Å²) in [5.41, 5.74) is 0. The zero-order valence-corrected chi connectivity index (χ0v) is 12.0. The first-order valence-corrected chi connectivity index (χ1v) is 8.93. The normalized spacial score (nSPS) is 17.3. The molecule has 0 unspecified atom stereocenters. The molecule has 1 amide bonds. The molecule has 0 aliphatic carbocycles. The number of rotatable bonds is 6. The maximum absolute atomic E-state index is 13.8. The van der Waals surface area contributed by atoms with Gasteiger partial charge in [-0.2, -0.15) is 0 Å². The third-order valence-electron chi connectivity index (χ3n) is 2.54. The standard InChI is InChI=1S/C8H16F4NO4PS/c1-4-7(14)13-8(2,3)19(9,10,11,12)6-5-18(15,16)17/h4H,1,5-6H2,2-3H3,(H,13,14)(H2,15,16,17). The third-order valence-corrected chi connectivity index (χ3v) is 7.04. The van der Waals surface area contributed by atoms with Crippen molar-refractivity contribution in [3.8, 4) is 0 Å². The molecule has 0 bridgehead atoms. The quantitative estimate of drug-likeness (QED) is 0.397. The minimum absolute atomic E-state index is 0.398. The van der Waals surface area contributed by atoms with Gasteiger partial charge >= 0.3 is 7.60 Å². The molecule has 5 nitrogen and oxygen atoms in total. The van der Waals surface area contributed by atoms with Crippen LogP contribution in [-0.2, 0) is 9.36 Å². The van der Waals surface area contributed by atoms with Crippen molar-refractivity contribution in [2.45, 2.75) is 18.7 Å². The lowest BCUT2D eigenvalue weighted by molar-refractivity contribution is -0.117. The molecule has 0 fully saturated rings. The zero-order chi connectivity index (χ0) is 15.8. The smallest absolute Gasteiger partial charge is 0.326 e. The molecule has 0 radical (unpaired) electrons. The van der Waals surface area contributed by atoms with E-state index in [1.54, 1.807) is 0 Å². The minimum Gasteiger partial charge on any atom is -0.333 e. The fraction of sp³-hybridized carbons (Fsp3) is 0.625. The van der Waals surface area contributed by atoms with Gasteiger partial charge in [0, 0.05) is 0 Å². The summed E-state index contributed by atoms with van der Waals surface area (Å²) >= 11 is 0. The molecule has 19 heavy (non-hydrogen) atoms. The summed E-state index contributed by atoms with van der Waals surface area (Å²) in [6.45, 7) is 3.74. The van der Waals surface area contributed by atoms with Gasteiger partial charge in [-0.15, -0.1) is 15.5 Å². The molecule has 11 heteroatoms. The average Bonchev–Trinajstić information content (AvgIpc) is 2.11. The first kappa shape index (κ1) is 18.4. The van der Waals surface area contributed by atoms with E-state index in [1.807, 2.05) is 0 Å². The van der Waals surface area contributed by atoms with Crippen LogP contribution in [0.4, 0.5) is 15.5 Å². The van der Waals surface area contributed by atoms with Gasteiger partial charge < -0.3 is 15.1 Å². The highest BCUT2D eigenvalue weighted by Gasteiger charge is 2.74. The summed E-state index contributed by atoms with van der Waals surface area (Å²) in [7, 11) is -13.9. The number of amides is 1. The van der Waals surface area contributed by atoms with Gasteiger partial charge in [0.15, 0.2) is 9.84 Å². The first-order chi connectivity index (χ1) is 7.93. The number of carbonyl (C=O) groups is 1. The second-order valence-electron chi connectivity index (χ2n) is 4.54. The van der Waals surface area contributed by atoms with Crippen LogP contribution in [0.3, 0.4) is 0 Å². The summed E-state index contributed by atoms with van der Waals surface area (Å²) in [4.78, 5) is 24.6. The topological polar surface area (TPSA) is 86.6 Å². The lowest BCUT2D eigenvalue weighted by Gasteiger charge is -2.59. The van der Waals surface area contributed by atoms with Crippen molar-refractivity contribution in [3.05, 3.63) is 12.7 Å². The lowest BCUT2D eigenvalue weighted by atomic mass is 10.4. The maximum Gasteiger partial charge on any atom is 0.326 e. The van der Waals surface area contributed by atoms with Crippen LogP contribution in [0.5, 0.6) is 0 Å². The number of halogens is 4. The Morgan fingerprint density at radius 1 is 1.37 bits per heavy atom. The SMILES string of the molecule is C=CC(=O)NC(C)(C)S(F)(F)(F)(F)CCP(=O)(O)O. The predicted octanol–water partition coefficient (Wildman–Crippen LogP) is 2.62. The summed E-state index contributed by atoms with van der Waals surface area (Å²) in [6.07, 6.45) is -1.14. The largest absolute Gasteiger partial charge is 0.333 e. The summed E-state index contributed by atoms with van der Waals surface area (Å²) in [6, 6.07) is 0. The van der Waals surface area contributed by atoms with Crippen molar-refractivity contribution in [3.63, 3.8) is 0 Å². The van der Waals surface area contributed by atoms with Crippen molar-refractivity contribution in [2.24, 2.45) is 0 Å². The highest BCUT2D eigenvalue weighted by Crippen LogP contribution is 3.01. The van der Waals surface area contributed by atoms with Gasteiger partial charge in [0.2, 0.25) is 5.91 Å². The van der Waals surface area contributed by atoms with Crippen molar-refractivity contribution >= 4 is 23.3 Å². The van der Waals surface area contributed by atoms with E-state index in [-0.39, 0.29) is 0 Å². The number of hydrogen-bond acceptors (Lipinski definition) is 2. The second kappa shape index (κ2) is 4.21. The monoisotopic (exact) mass is 329 g/mol. The van der Waals surface area contributed by atoms with Gasteiger partial charge in [-0.3, -0.25) is 9.36 Å².